The number of fused-ring (bicyclic) bond motifs is 2. The van der Waals surface area contributed by atoms with Crippen LogP contribution in [0.1, 0.15) is 19.4 Å². The van der Waals surface area contributed by atoms with Gasteiger partial charge in [-0.15, -0.1) is 0 Å². The molecule has 35 heavy (non-hydrogen) atoms. The molecular weight excluding hydrogens is 472 g/mol. The largest absolute Gasteiger partial charge is 0.461 e. The first-order valence-electron chi connectivity index (χ1n) is 11.9. The Balaban J connectivity index is 1.69. The second-order valence-corrected chi connectivity index (χ2v) is 10.3. The van der Waals surface area contributed by atoms with Crippen molar-refractivity contribution in [1.29, 1.82) is 0 Å². The molecule has 186 valence electrons. The lowest BCUT2D eigenvalue weighted by Gasteiger charge is -2.40. The third-order valence-corrected chi connectivity index (χ3v) is 7.93. The van der Waals surface area contributed by atoms with E-state index in [0.29, 0.717) is 10.7 Å². The molecule has 5 rings (SSSR count). The number of carbonyl (C=O) groups is 3. The fourth-order valence-electron chi connectivity index (χ4n) is 6.05. The first kappa shape index (κ1) is 24.0. The van der Waals surface area contributed by atoms with E-state index in [9.17, 15) is 19.5 Å². The molecule has 4 aliphatic heterocycles. The molecular formula is C26H29ClN2O6. The molecule has 4 aliphatic rings. The van der Waals surface area contributed by atoms with Crippen molar-refractivity contribution in [2.24, 2.45) is 17.8 Å². The lowest BCUT2D eigenvalue weighted by molar-refractivity contribution is -0.154. The Morgan fingerprint density at radius 3 is 2.66 bits per heavy atom. The number of amides is 2. The number of nitrogens with zero attached hydrogens (tertiary/aromatic N) is 2. The standard InChI is InChI=1S/C26H29ClN2O6/c1-14(2)17(13-30)29-22-24(32)28(21-15(3)7-4-8-16(21)27)11-6-10-26(22)20(23(29)31)19-18(35-26)9-5-12-34-25(19)33/h4-10,14,17-20,22,30H,11-13H2,1-3H3/t17-,18-,19+,20-,22?,26-/m0/s1. The predicted molar refractivity (Wildman–Crippen MR) is 129 cm³/mol. The molecule has 4 heterocycles. The highest BCUT2D eigenvalue weighted by Gasteiger charge is 2.72. The van der Waals surface area contributed by atoms with E-state index in [1.54, 1.807) is 35.3 Å². The molecule has 2 saturated heterocycles. The Bertz CT molecular complexity index is 1110. The third-order valence-electron chi connectivity index (χ3n) is 7.62. The van der Waals surface area contributed by atoms with E-state index in [1.807, 2.05) is 32.9 Å². The first-order chi connectivity index (χ1) is 16.7. The highest BCUT2D eigenvalue weighted by atomic mass is 35.5. The van der Waals surface area contributed by atoms with Crippen LogP contribution < -0.4 is 4.90 Å². The van der Waals surface area contributed by atoms with E-state index in [-0.39, 0.29) is 31.6 Å². The van der Waals surface area contributed by atoms with Gasteiger partial charge in [-0.2, -0.15) is 0 Å². The number of benzene rings is 1. The smallest absolute Gasteiger partial charge is 0.313 e. The number of aliphatic hydroxyl groups is 1. The monoisotopic (exact) mass is 500 g/mol. The molecule has 1 unspecified atom stereocenters. The number of para-hydroxylation sites is 1. The van der Waals surface area contributed by atoms with Crippen molar-refractivity contribution >= 4 is 35.1 Å². The minimum absolute atomic E-state index is 0.107. The number of likely N-dealkylation sites (tertiary alicyclic amines) is 1. The first-order valence-corrected chi connectivity index (χ1v) is 12.3. The van der Waals surface area contributed by atoms with Gasteiger partial charge in [-0.3, -0.25) is 14.4 Å². The van der Waals surface area contributed by atoms with Gasteiger partial charge in [-0.05, 0) is 30.5 Å². The average molecular weight is 501 g/mol. The van der Waals surface area contributed by atoms with Gasteiger partial charge in [0.2, 0.25) is 5.91 Å². The SMILES string of the molecule is Cc1cccc(Cl)c1N1CC=C[C@]23O[C@H]4C=CCOC(=O)[C@H]4[C@H]2C(=O)N([C@@H](CO)C(C)C)C3C1=O. The van der Waals surface area contributed by atoms with E-state index in [4.69, 9.17) is 21.1 Å². The van der Waals surface area contributed by atoms with Crippen molar-refractivity contribution < 1.29 is 29.0 Å². The summed E-state index contributed by atoms with van der Waals surface area (Å²) in [7, 11) is 0. The number of halogens is 1. The van der Waals surface area contributed by atoms with Gasteiger partial charge in [0.05, 0.1) is 35.4 Å². The third kappa shape index (κ3) is 3.45. The molecule has 6 atom stereocenters. The van der Waals surface area contributed by atoms with Gasteiger partial charge >= 0.3 is 5.97 Å². The minimum Gasteiger partial charge on any atom is -0.461 e. The van der Waals surface area contributed by atoms with Crippen molar-refractivity contribution in [3.05, 3.63) is 53.1 Å². The van der Waals surface area contributed by atoms with Crippen molar-refractivity contribution in [3.63, 3.8) is 0 Å². The highest BCUT2D eigenvalue weighted by molar-refractivity contribution is 6.34. The summed E-state index contributed by atoms with van der Waals surface area (Å²) in [6.45, 7) is 5.64. The lowest BCUT2D eigenvalue weighted by atomic mass is 9.78. The summed E-state index contributed by atoms with van der Waals surface area (Å²) in [6.07, 6.45) is 6.30. The second-order valence-electron chi connectivity index (χ2n) is 9.90. The van der Waals surface area contributed by atoms with Gasteiger partial charge in [0, 0.05) is 6.54 Å². The van der Waals surface area contributed by atoms with Crippen molar-refractivity contribution in [2.45, 2.75) is 44.6 Å². The maximum Gasteiger partial charge on any atom is 0.313 e. The number of esters is 1. The summed E-state index contributed by atoms with van der Waals surface area (Å²) in [5.41, 5.74) is -0.00121. The van der Waals surface area contributed by atoms with Crippen LogP contribution in [0.4, 0.5) is 5.69 Å². The molecule has 8 nitrogen and oxygen atoms in total. The van der Waals surface area contributed by atoms with E-state index in [2.05, 4.69) is 0 Å². The maximum atomic E-state index is 14.4. The molecule has 0 bridgehead atoms. The van der Waals surface area contributed by atoms with Crippen molar-refractivity contribution in [3.8, 4) is 0 Å². The molecule has 0 aromatic heterocycles. The molecule has 1 N–H and O–H groups in total. The van der Waals surface area contributed by atoms with Crippen LogP contribution in [0.15, 0.2) is 42.5 Å². The average Bonchev–Trinajstić information content (AvgIpc) is 3.10. The number of aryl methyl sites for hydroxylation is 1. The summed E-state index contributed by atoms with van der Waals surface area (Å²) in [6, 6.07) is 3.68. The van der Waals surface area contributed by atoms with Crippen molar-refractivity contribution in [2.75, 3.05) is 24.7 Å². The van der Waals surface area contributed by atoms with Crippen LogP contribution in [0.25, 0.3) is 0 Å². The molecule has 0 radical (unpaired) electrons. The zero-order valence-electron chi connectivity index (χ0n) is 19.9. The summed E-state index contributed by atoms with van der Waals surface area (Å²) < 4.78 is 11.8. The highest BCUT2D eigenvalue weighted by Crippen LogP contribution is 2.54. The predicted octanol–water partition coefficient (Wildman–Crippen LogP) is 2.26. The molecule has 1 aromatic rings. The van der Waals surface area contributed by atoms with Crippen LogP contribution in [0, 0.1) is 24.7 Å². The van der Waals surface area contributed by atoms with Crippen molar-refractivity contribution in [1.82, 2.24) is 4.90 Å². The van der Waals surface area contributed by atoms with Crippen LogP contribution in [0.2, 0.25) is 5.02 Å². The Morgan fingerprint density at radius 1 is 1.20 bits per heavy atom. The van der Waals surface area contributed by atoms with E-state index < -0.39 is 47.5 Å². The Kier molecular flexibility index (Phi) is 6.02. The number of aliphatic hydroxyl groups excluding tert-OH is 1. The van der Waals surface area contributed by atoms with E-state index in [1.165, 1.54) is 4.90 Å². The molecule has 0 saturated carbocycles. The number of cyclic esters (lactones) is 1. The van der Waals surface area contributed by atoms with Gasteiger partial charge in [0.25, 0.3) is 5.91 Å². The quantitative estimate of drug-likeness (QED) is 0.503. The Hall–Kier alpha value is -2.68. The van der Waals surface area contributed by atoms with Gasteiger partial charge in [-0.25, -0.2) is 0 Å². The number of rotatable bonds is 4. The molecule has 2 fully saturated rings. The topological polar surface area (TPSA) is 96.4 Å². The van der Waals surface area contributed by atoms with Gasteiger partial charge in [0.15, 0.2) is 0 Å². The number of ether oxygens (including phenoxy) is 2. The number of anilines is 1. The zero-order valence-corrected chi connectivity index (χ0v) is 20.6. The van der Waals surface area contributed by atoms with Gasteiger partial charge in [-0.1, -0.05) is 55.8 Å². The van der Waals surface area contributed by atoms with Crippen LogP contribution in [0.3, 0.4) is 0 Å². The summed E-state index contributed by atoms with van der Waals surface area (Å²) in [5.74, 6) is -3.26. The fourth-order valence-corrected chi connectivity index (χ4v) is 6.38. The van der Waals surface area contributed by atoms with Gasteiger partial charge < -0.3 is 24.4 Å². The minimum atomic E-state index is -1.38. The molecule has 1 aromatic carbocycles. The normalized spacial score (nSPS) is 32.8. The molecule has 2 amide bonds. The molecule has 0 aliphatic carbocycles. The van der Waals surface area contributed by atoms with E-state index in [0.717, 1.165) is 5.56 Å². The number of hydrogen-bond acceptors (Lipinski definition) is 6. The number of carbonyl (C=O) groups excluding carboxylic acids is 3. The van der Waals surface area contributed by atoms with Crippen LogP contribution in [0.5, 0.6) is 0 Å². The lowest BCUT2D eigenvalue weighted by Crippen LogP contribution is -2.59. The Morgan fingerprint density at radius 2 is 1.97 bits per heavy atom. The summed E-state index contributed by atoms with van der Waals surface area (Å²) >= 11 is 6.54. The fraction of sp³-hybridized carbons (Fsp3) is 0.500. The Labute approximate surface area is 209 Å². The molecule has 1 spiro atoms. The second kappa shape index (κ2) is 8.76. The summed E-state index contributed by atoms with van der Waals surface area (Å²) in [5, 5.41) is 10.7. The van der Waals surface area contributed by atoms with Crippen LogP contribution in [-0.2, 0) is 23.9 Å². The van der Waals surface area contributed by atoms with Crippen LogP contribution >= 0.6 is 11.6 Å². The van der Waals surface area contributed by atoms with Crippen LogP contribution in [-0.4, -0.2) is 71.3 Å². The maximum absolute atomic E-state index is 14.4. The van der Waals surface area contributed by atoms with Gasteiger partial charge in [0.1, 0.15) is 24.2 Å². The molecule has 9 heteroatoms. The van der Waals surface area contributed by atoms with E-state index >= 15 is 0 Å². The zero-order chi connectivity index (χ0) is 25.1. The number of hydrogen-bond donors (Lipinski definition) is 1. The summed E-state index contributed by atoms with van der Waals surface area (Å²) in [4.78, 5) is 44.4.